The van der Waals surface area contributed by atoms with Crippen LogP contribution in [-0.2, 0) is 0 Å². The molecule has 0 spiro atoms. The van der Waals surface area contributed by atoms with Crippen LogP contribution < -0.4 is 4.74 Å². The third-order valence-corrected chi connectivity index (χ3v) is 5.04. The van der Waals surface area contributed by atoms with E-state index in [1.165, 1.54) is 64.2 Å². The highest BCUT2D eigenvalue weighted by Crippen LogP contribution is 2.39. The van der Waals surface area contributed by atoms with Crippen molar-refractivity contribution in [3.63, 3.8) is 0 Å². The number of aliphatic hydroxyl groups is 1. The first-order chi connectivity index (χ1) is 11.7. The number of phenolic OH excluding ortho intramolecular Hbond substituents is 1. The zero-order chi connectivity index (χ0) is 17.2. The van der Waals surface area contributed by atoms with Crippen LogP contribution in [0.1, 0.15) is 77.6 Å². The van der Waals surface area contributed by atoms with Gasteiger partial charge in [-0.25, -0.2) is 0 Å². The largest absolute Gasteiger partial charge is 0.508 e. The molecule has 0 heterocycles. The van der Waals surface area contributed by atoms with Gasteiger partial charge in [-0.1, -0.05) is 77.2 Å². The van der Waals surface area contributed by atoms with Crippen molar-refractivity contribution in [3.05, 3.63) is 24.3 Å². The van der Waals surface area contributed by atoms with Crippen LogP contribution in [0.4, 0.5) is 0 Å². The van der Waals surface area contributed by atoms with Gasteiger partial charge in [0.1, 0.15) is 17.6 Å². The standard InChI is InChI=1S/C21H34O3/c1-2-3-4-5-6-7-8-9-10-11-15-19-20(23)21(19)24-18-14-12-13-17(22)16-18/h12-14,16,19-23H,2-11,15H2,1H3. The molecular formula is C21H34O3. The predicted molar refractivity (Wildman–Crippen MR) is 98.5 cm³/mol. The lowest BCUT2D eigenvalue weighted by atomic mass is 10.0. The Morgan fingerprint density at radius 2 is 1.54 bits per heavy atom. The van der Waals surface area contributed by atoms with Crippen LogP contribution in [0.2, 0.25) is 0 Å². The summed E-state index contributed by atoms with van der Waals surface area (Å²) >= 11 is 0. The van der Waals surface area contributed by atoms with Gasteiger partial charge in [0.2, 0.25) is 0 Å². The Hall–Kier alpha value is -1.22. The molecule has 2 rings (SSSR count). The van der Waals surface area contributed by atoms with Gasteiger partial charge >= 0.3 is 0 Å². The van der Waals surface area contributed by atoms with Crippen LogP contribution in [0.25, 0.3) is 0 Å². The third kappa shape index (κ3) is 6.72. The van der Waals surface area contributed by atoms with Crippen LogP contribution in [0.15, 0.2) is 24.3 Å². The molecule has 1 aliphatic carbocycles. The van der Waals surface area contributed by atoms with Crippen LogP contribution in [-0.4, -0.2) is 22.4 Å². The predicted octanol–water partition coefficient (Wildman–Crippen LogP) is 5.44. The number of hydrogen-bond acceptors (Lipinski definition) is 3. The van der Waals surface area contributed by atoms with Crippen molar-refractivity contribution in [3.8, 4) is 11.5 Å². The molecule has 24 heavy (non-hydrogen) atoms. The molecule has 3 atom stereocenters. The van der Waals surface area contributed by atoms with E-state index in [1.54, 1.807) is 18.2 Å². The first-order valence-corrected chi connectivity index (χ1v) is 9.86. The molecule has 1 fully saturated rings. The monoisotopic (exact) mass is 334 g/mol. The highest BCUT2D eigenvalue weighted by Gasteiger charge is 2.51. The summed E-state index contributed by atoms with van der Waals surface area (Å²) in [5.41, 5.74) is 0. The molecular weight excluding hydrogens is 300 g/mol. The number of benzene rings is 1. The SMILES string of the molecule is CCCCCCCCCCCCC1C(O)C1Oc1cccc(O)c1. The van der Waals surface area contributed by atoms with Gasteiger partial charge in [-0.15, -0.1) is 0 Å². The Morgan fingerprint density at radius 1 is 0.917 bits per heavy atom. The van der Waals surface area contributed by atoms with Gasteiger partial charge in [0.25, 0.3) is 0 Å². The van der Waals surface area contributed by atoms with Gasteiger partial charge in [-0.3, -0.25) is 0 Å². The lowest BCUT2D eigenvalue weighted by Gasteiger charge is -2.05. The lowest BCUT2D eigenvalue weighted by Crippen LogP contribution is -2.03. The molecule has 1 aromatic rings. The van der Waals surface area contributed by atoms with Crippen LogP contribution in [0.5, 0.6) is 11.5 Å². The first kappa shape index (κ1) is 19.1. The van der Waals surface area contributed by atoms with E-state index >= 15 is 0 Å². The van der Waals surface area contributed by atoms with Gasteiger partial charge < -0.3 is 14.9 Å². The van der Waals surface area contributed by atoms with Gasteiger partial charge in [-0.05, 0) is 18.6 Å². The summed E-state index contributed by atoms with van der Waals surface area (Å²) in [6.07, 6.45) is 14.0. The molecule has 0 radical (unpaired) electrons. The van der Waals surface area contributed by atoms with Crippen LogP contribution >= 0.6 is 0 Å². The Bertz CT molecular complexity index is 460. The van der Waals surface area contributed by atoms with Gasteiger partial charge in [0, 0.05) is 12.0 Å². The Labute approximate surface area is 147 Å². The van der Waals surface area contributed by atoms with E-state index in [2.05, 4.69) is 6.92 Å². The van der Waals surface area contributed by atoms with Gasteiger partial charge in [0.05, 0.1) is 6.10 Å². The Morgan fingerprint density at radius 3 is 2.17 bits per heavy atom. The van der Waals surface area contributed by atoms with Crippen molar-refractivity contribution >= 4 is 0 Å². The fourth-order valence-electron chi connectivity index (χ4n) is 3.40. The maximum absolute atomic E-state index is 9.97. The average molecular weight is 334 g/mol. The number of unbranched alkanes of at least 4 members (excludes halogenated alkanes) is 9. The topological polar surface area (TPSA) is 49.7 Å². The van der Waals surface area contributed by atoms with E-state index in [1.807, 2.05) is 6.07 Å². The third-order valence-electron chi connectivity index (χ3n) is 5.04. The van der Waals surface area contributed by atoms with E-state index in [0.717, 1.165) is 6.42 Å². The van der Waals surface area contributed by atoms with Gasteiger partial charge in [-0.2, -0.15) is 0 Å². The zero-order valence-electron chi connectivity index (χ0n) is 15.1. The quantitative estimate of drug-likeness (QED) is 0.472. The molecule has 0 amide bonds. The molecule has 1 aliphatic rings. The first-order valence-electron chi connectivity index (χ1n) is 9.86. The summed E-state index contributed by atoms with van der Waals surface area (Å²) in [4.78, 5) is 0. The molecule has 136 valence electrons. The summed E-state index contributed by atoms with van der Waals surface area (Å²) in [6, 6.07) is 6.80. The molecule has 3 unspecified atom stereocenters. The van der Waals surface area contributed by atoms with E-state index in [9.17, 15) is 10.2 Å². The van der Waals surface area contributed by atoms with E-state index in [0.29, 0.717) is 5.75 Å². The molecule has 1 saturated carbocycles. The Balaban J connectivity index is 1.47. The van der Waals surface area contributed by atoms with E-state index in [4.69, 9.17) is 4.74 Å². The minimum atomic E-state index is -0.342. The van der Waals surface area contributed by atoms with Crippen molar-refractivity contribution in [2.75, 3.05) is 0 Å². The lowest BCUT2D eigenvalue weighted by molar-refractivity contribution is 0.194. The number of hydrogen-bond donors (Lipinski definition) is 2. The van der Waals surface area contributed by atoms with Crippen molar-refractivity contribution in [2.45, 2.75) is 89.8 Å². The van der Waals surface area contributed by atoms with Gasteiger partial charge in [0.15, 0.2) is 0 Å². The molecule has 0 aromatic heterocycles. The number of phenols is 1. The highest BCUT2D eigenvalue weighted by molar-refractivity contribution is 5.32. The minimum absolute atomic E-state index is 0.0923. The number of rotatable bonds is 13. The normalized spacial score (nSPS) is 22.5. The molecule has 0 saturated heterocycles. The van der Waals surface area contributed by atoms with Crippen molar-refractivity contribution in [1.29, 1.82) is 0 Å². The number of aliphatic hydroxyl groups excluding tert-OH is 1. The number of ether oxygens (including phenoxy) is 1. The smallest absolute Gasteiger partial charge is 0.130 e. The summed E-state index contributed by atoms with van der Waals surface area (Å²) in [7, 11) is 0. The average Bonchev–Trinajstić information content (AvgIpc) is 3.17. The van der Waals surface area contributed by atoms with Crippen molar-refractivity contribution in [1.82, 2.24) is 0 Å². The molecule has 2 N–H and O–H groups in total. The van der Waals surface area contributed by atoms with Crippen LogP contribution in [0.3, 0.4) is 0 Å². The highest BCUT2D eigenvalue weighted by atomic mass is 16.5. The maximum Gasteiger partial charge on any atom is 0.130 e. The zero-order valence-corrected chi connectivity index (χ0v) is 15.1. The summed E-state index contributed by atoms with van der Waals surface area (Å²) in [6.45, 7) is 2.26. The number of aromatic hydroxyl groups is 1. The Kier molecular flexibility index (Phi) is 8.44. The fourth-order valence-corrected chi connectivity index (χ4v) is 3.40. The second-order valence-electron chi connectivity index (χ2n) is 7.20. The fraction of sp³-hybridized carbons (Fsp3) is 0.714. The van der Waals surface area contributed by atoms with Crippen LogP contribution in [0, 0.1) is 5.92 Å². The second-order valence-corrected chi connectivity index (χ2v) is 7.20. The molecule has 0 aliphatic heterocycles. The molecule has 1 aromatic carbocycles. The molecule has 3 heteroatoms. The second kappa shape index (κ2) is 10.6. The maximum atomic E-state index is 9.97. The summed E-state index contributed by atoms with van der Waals surface area (Å²) in [5, 5.41) is 19.4. The molecule has 3 nitrogen and oxygen atoms in total. The molecule has 0 bridgehead atoms. The minimum Gasteiger partial charge on any atom is -0.508 e. The van der Waals surface area contributed by atoms with E-state index < -0.39 is 0 Å². The van der Waals surface area contributed by atoms with E-state index in [-0.39, 0.29) is 23.9 Å². The van der Waals surface area contributed by atoms with Crippen molar-refractivity contribution in [2.24, 2.45) is 5.92 Å². The van der Waals surface area contributed by atoms with Crippen molar-refractivity contribution < 1.29 is 14.9 Å². The summed E-state index contributed by atoms with van der Waals surface area (Å²) in [5.74, 6) is 1.11. The summed E-state index contributed by atoms with van der Waals surface area (Å²) < 4.78 is 5.76.